The molecule has 0 spiro atoms. The molecule has 0 saturated carbocycles. The zero-order valence-electron chi connectivity index (χ0n) is 18.9. The van der Waals surface area contributed by atoms with E-state index in [2.05, 4.69) is 72.2 Å². The Hall–Kier alpha value is -4.84. The highest BCUT2D eigenvalue weighted by atomic mass is 79.9. The van der Waals surface area contributed by atoms with Crippen molar-refractivity contribution in [3.05, 3.63) is 70.7 Å². The number of nitrogens with zero attached hydrogens (tertiary/aromatic N) is 12. The van der Waals surface area contributed by atoms with E-state index in [1.54, 1.807) is 41.6 Å². The lowest BCUT2D eigenvalue weighted by Gasteiger charge is -2.08. The molecule has 0 atom stereocenters. The molecule has 6 aromatic rings. The molecule has 18 heteroatoms. The van der Waals surface area contributed by atoms with Crippen LogP contribution < -0.4 is 11.5 Å². The maximum atomic E-state index is 9.34. The molecule has 0 saturated heterocycles. The molecule has 16 nitrogen and oxygen atoms in total. The molecule has 0 aliphatic heterocycles. The van der Waals surface area contributed by atoms with Crippen LogP contribution in [-0.2, 0) is 0 Å². The van der Waals surface area contributed by atoms with Crippen LogP contribution in [0.4, 0.5) is 11.6 Å². The number of halogens is 2. The number of aromatic hydroxyl groups is 2. The first-order valence-corrected chi connectivity index (χ1v) is 12.0. The molecule has 0 radical (unpaired) electrons. The van der Waals surface area contributed by atoms with E-state index in [4.69, 9.17) is 11.5 Å². The fourth-order valence-electron chi connectivity index (χ4n) is 3.02. The second kappa shape index (κ2) is 10.3. The van der Waals surface area contributed by atoms with Gasteiger partial charge in [-0.1, -0.05) is 0 Å². The number of hydrogen-bond donors (Lipinski definition) is 4. The van der Waals surface area contributed by atoms with E-state index in [-0.39, 0.29) is 29.1 Å². The molecule has 0 amide bonds. The summed E-state index contributed by atoms with van der Waals surface area (Å²) in [6.07, 6.45) is 12.1. The van der Waals surface area contributed by atoms with E-state index in [1.807, 2.05) is 0 Å². The molecular formula is C20H16Br2N14O2. The Morgan fingerprint density at radius 3 is 1.55 bits per heavy atom. The van der Waals surface area contributed by atoms with Crippen LogP contribution in [0, 0.1) is 0 Å². The van der Waals surface area contributed by atoms with Crippen LogP contribution in [0.5, 0.6) is 11.5 Å². The Bertz CT molecular complexity index is 1700. The van der Waals surface area contributed by atoms with Crippen molar-refractivity contribution in [2.45, 2.75) is 0 Å². The molecular weight excluding hydrogens is 628 g/mol. The van der Waals surface area contributed by atoms with E-state index >= 15 is 0 Å². The van der Waals surface area contributed by atoms with Gasteiger partial charge in [-0.25, -0.2) is 18.7 Å². The zero-order valence-corrected chi connectivity index (χ0v) is 22.1. The van der Waals surface area contributed by atoms with Crippen molar-refractivity contribution in [3.8, 4) is 35.0 Å². The molecule has 192 valence electrons. The largest absolute Gasteiger partial charge is 0.505 e. The van der Waals surface area contributed by atoms with Crippen molar-refractivity contribution in [3.63, 3.8) is 0 Å². The Morgan fingerprint density at radius 1 is 0.605 bits per heavy atom. The van der Waals surface area contributed by atoms with E-state index in [0.717, 1.165) is 0 Å². The van der Waals surface area contributed by atoms with Crippen molar-refractivity contribution in [1.82, 2.24) is 59.1 Å². The first-order valence-electron chi connectivity index (χ1n) is 10.4. The average molecular weight is 644 g/mol. The third kappa shape index (κ3) is 5.02. The summed E-state index contributed by atoms with van der Waals surface area (Å²) in [5, 5.41) is 34.7. The normalized spacial score (nSPS) is 10.8. The number of rotatable bonds is 4. The highest BCUT2D eigenvalue weighted by Crippen LogP contribution is 2.26. The van der Waals surface area contributed by atoms with E-state index in [9.17, 15) is 10.2 Å². The van der Waals surface area contributed by atoms with Gasteiger partial charge in [-0.15, -0.1) is 0 Å². The third-order valence-corrected chi connectivity index (χ3v) is 6.21. The van der Waals surface area contributed by atoms with Crippen LogP contribution in [0.25, 0.3) is 23.5 Å². The van der Waals surface area contributed by atoms with E-state index in [1.165, 1.54) is 38.8 Å². The number of nitrogen functional groups attached to an aromatic ring is 2. The fraction of sp³-hybridized carbons (Fsp3) is 0. The number of hydrogen-bond acceptors (Lipinski definition) is 12. The highest BCUT2D eigenvalue weighted by molar-refractivity contribution is 9.11. The van der Waals surface area contributed by atoms with Gasteiger partial charge in [0, 0.05) is 24.8 Å². The van der Waals surface area contributed by atoms with Gasteiger partial charge in [0.25, 0.3) is 11.9 Å². The Labute approximate surface area is 229 Å². The SMILES string of the molecule is Nc1nc(-n2cc(O)cn2)nc(-n2cccn2)c1Br.Nc1nc(-n2cccn2)nc(-n2cc(O)cn2)c1Br. The van der Waals surface area contributed by atoms with E-state index in [0.29, 0.717) is 26.5 Å². The summed E-state index contributed by atoms with van der Waals surface area (Å²) >= 11 is 6.63. The lowest BCUT2D eigenvalue weighted by molar-refractivity contribution is 0.474. The standard InChI is InChI=1S/2C10H8BrN7O/c11-7-8(12)15-10(17-3-1-2-13-17)16-9(7)18-5-6(19)4-14-18;11-7-8(12)15-10(18-5-6(19)4-14-18)16-9(7)17-3-1-2-13-17/h2*1-5,19H,(H2,12,15,16). The van der Waals surface area contributed by atoms with Gasteiger partial charge in [0.05, 0.1) is 24.8 Å². The highest BCUT2D eigenvalue weighted by Gasteiger charge is 2.15. The minimum atomic E-state index is 0.0192. The Kier molecular flexibility index (Phi) is 6.71. The van der Waals surface area contributed by atoms with Gasteiger partial charge in [0.15, 0.2) is 23.1 Å². The zero-order chi connectivity index (χ0) is 26.8. The van der Waals surface area contributed by atoms with Crippen molar-refractivity contribution in [1.29, 1.82) is 0 Å². The second-order valence-electron chi connectivity index (χ2n) is 7.28. The Balaban J connectivity index is 0.000000155. The van der Waals surface area contributed by atoms with Gasteiger partial charge in [-0.05, 0) is 44.0 Å². The van der Waals surface area contributed by atoms with Gasteiger partial charge in [-0.2, -0.15) is 40.3 Å². The van der Waals surface area contributed by atoms with Gasteiger partial charge in [-0.3, -0.25) is 0 Å². The van der Waals surface area contributed by atoms with Crippen molar-refractivity contribution >= 4 is 43.5 Å². The summed E-state index contributed by atoms with van der Waals surface area (Å²) in [5.74, 6) is 2.02. The lowest BCUT2D eigenvalue weighted by atomic mass is 10.5. The Morgan fingerprint density at radius 2 is 1.08 bits per heavy atom. The number of anilines is 2. The van der Waals surface area contributed by atoms with Crippen LogP contribution in [0.15, 0.2) is 70.7 Å². The molecule has 0 aliphatic rings. The molecule has 6 aromatic heterocycles. The van der Waals surface area contributed by atoms with Gasteiger partial charge >= 0.3 is 0 Å². The van der Waals surface area contributed by atoms with Crippen LogP contribution in [-0.4, -0.2) is 69.3 Å². The van der Waals surface area contributed by atoms with Crippen LogP contribution in [0.1, 0.15) is 0 Å². The van der Waals surface area contributed by atoms with Gasteiger partial charge in [0.1, 0.15) is 20.6 Å². The quantitative estimate of drug-likeness (QED) is 0.216. The monoisotopic (exact) mass is 642 g/mol. The van der Waals surface area contributed by atoms with Crippen molar-refractivity contribution < 1.29 is 10.2 Å². The molecule has 0 aromatic carbocycles. The fourth-order valence-corrected chi connectivity index (χ4v) is 3.74. The molecule has 0 aliphatic carbocycles. The maximum Gasteiger partial charge on any atom is 0.254 e. The molecule has 0 unspecified atom stereocenters. The molecule has 6 rings (SSSR count). The average Bonchev–Trinajstić information content (AvgIpc) is 3.71. The van der Waals surface area contributed by atoms with E-state index < -0.39 is 0 Å². The van der Waals surface area contributed by atoms with Crippen molar-refractivity contribution in [2.75, 3.05) is 11.5 Å². The molecule has 0 fully saturated rings. The number of aromatic nitrogens is 12. The minimum Gasteiger partial charge on any atom is -0.505 e. The predicted molar refractivity (Wildman–Crippen MR) is 140 cm³/mol. The first kappa shape index (κ1) is 24.8. The smallest absolute Gasteiger partial charge is 0.254 e. The summed E-state index contributed by atoms with van der Waals surface area (Å²) in [6.45, 7) is 0. The predicted octanol–water partition coefficient (Wildman–Crippen LogP) is 1.80. The molecule has 6 N–H and O–H groups in total. The first-order chi connectivity index (χ1) is 18.3. The minimum absolute atomic E-state index is 0.0192. The second-order valence-corrected chi connectivity index (χ2v) is 8.87. The lowest BCUT2D eigenvalue weighted by Crippen LogP contribution is -2.10. The third-order valence-electron chi connectivity index (χ3n) is 4.69. The van der Waals surface area contributed by atoms with Crippen molar-refractivity contribution in [2.24, 2.45) is 0 Å². The van der Waals surface area contributed by atoms with Crippen LogP contribution in [0.3, 0.4) is 0 Å². The maximum absolute atomic E-state index is 9.34. The molecule has 0 bridgehead atoms. The number of nitrogens with two attached hydrogens (primary N) is 2. The summed E-state index contributed by atoms with van der Waals surface area (Å²) < 4.78 is 6.78. The summed E-state index contributed by atoms with van der Waals surface area (Å²) in [5.41, 5.74) is 11.7. The summed E-state index contributed by atoms with van der Waals surface area (Å²) in [4.78, 5) is 16.8. The van der Waals surface area contributed by atoms with Crippen LogP contribution >= 0.6 is 31.9 Å². The van der Waals surface area contributed by atoms with Gasteiger partial charge in [0.2, 0.25) is 0 Å². The van der Waals surface area contributed by atoms with Gasteiger partial charge < -0.3 is 21.7 Å². The summed E-state index contributed by atoms with van der Waals surface area (Å²) in [6, 6.07) is 3.52. The summed E-state index contributed by atoms with van der Waals surface area (Å²) in [7, 11) is 0. The molecule has 6 heterocycles. The molecule has 38 heavy (non-hydrogen) atoms. The van der Waals surface area contributed by atoms with Crippen LogP contribution in [0.2, 0.25) is 0 Å². The topological polar surface area (TPSA) is 215 Å².